The summed E-state index contributed by atoms with van der Waals surface area (Å²) in [5.41, 5.74) is 0.926. The highest BCUT2D eigenvalue weighted by atomic mass is 35.5. The maximum Gasteiger partial charge on any atom is 0.261 e. The number of hydrogen-bond acceptors (Lipinski definition) is 4. The molecule has 5 nitrogen and oxygen atoms in total. The first-order valence-corrected chi connectivity index (χ1v) is 10.1. The summed E-state index contributed by atoms with van der Waals surface area (Å²) in [4.78, 5) is 16.9. The number of carbonyl (C=O) groups is 1. The molecule has 1 amide bonds. The molecule has 4 rings (SSSR count). The van der Waals surface area contributed by atoms with Gasteiger partial charge in [-0.25, -0.2) is 0 Å². The van der Waals surface area contributed by atoms with Gasteiger partial charge in [-0.15, -0.1) is 11.3 Å². The van der Waals surface area contributed by atoms with Crippen LogP contribution in [0.15, 0.2) is 18.3 Å². The van der Waals surface area contributed by atoms with Gasteiger partial charge in [-0.3, -0.25) is 14.4 Å². The summed E-state index contributed by atoms with van der Waals surface area (Å²) in [6.07, 6.45) is 7.59. The quantitative estimate of drug-likeness (QED) is 0.861. The molecule has 2 aromatic rings. The Morgan fingerprint density at radius 1 is 1.36 bits per heavy atom. The summed E-state index contributed by atoms with van der Waals surface area (Å²) in [5.74, 6) is 0.0817. The first-order chi connectivity index (χ1) is 12.1. The van der Waals surface area contributed by atoms with E-state index in [2.05, 4.69) is 21.4 Å². The molecule has 0 aromatic carbocycles. The molecular weight excluding hydrogens is 356 g/mol. The van der Waals surface area contributed by atoms with Gasteiger partial charge in [0.25, 0.3) is 5.91 Å². The summed E-state index contributed by atoms with van der Waals surface area (Å²) in [5, 5.41) is 8.31. The molecule has 1 aliphatic carbocycles. The first kappa shape index (κ1) is 17.1. The van der Waals surface area contributed by atoms with Crippen LogP contribution in [0.4, 0.5) is 0 Å². The van der Waals surface area contributed by atoms with E-state index in [1.165, 1.54) is 11.3 Å². The molecule has 0 spiro atoms. The first-order valence-electron chi connectivity index (χ1n) is 8.93. The number of nitrogens with zero attached hydrogens (tertiary/aromatic N) is 3. The smallest absolute Gasteiger partial charge is 0.261 e. The highest BCUT2D eigenvalue weighted by Gasteiger charge is 2.29. The zero-order chi connectivity index (χ0) is 17.4. The second kappa shape index (κ2) is 7.09. The van der Waals surface area contributed by atoms with Crippen molar-refractivity contribution in [3.8, 4) is 0 Å². The van der Waals surface area contributed by atoms with Gasteiger partial charge in [0.05, 0.1) is 15.6 Å². The van der Waals surface area contributed by atoms with Gasteiger partial charge in [0.2, 0.25) is 0 Å². The van der Waals surface area contributed by atoms with Gasteiger partial charge in [-0.1, -0.05) is 11.6 Å². The number of rotatable bonds is 5. The SMILES string of the molecule is Cn1cc(Cl)c(CN2CCCC2c2ccc(C(=O)NC3CCC3)s2)n1. The van der Waals surface area contributed by atoms with Crippen molar-refractivity contribution < 1.29 is 4.79 Å². The third-order valence-corrected chi connectivity index (χ3v) is 6.69. The zero-order valence-corrected chi connectivity index (χ0v) is 15.9. The Morgan fingerprint density at radius 3 is 2.88 bits per heavy atom. The predicted octanol–water partition coefficient (Wildman–Crippen LogP) is 3.75. The molecule has 0 bridgehead atoms. The van der Waals surface area contributed by atoms with Crippen LogP contribution in [0.5, 0.6) is 0 Å². The molecule has 2 aliphatic rings. The van der Waals surface area contributed by atoms with Crippen LogP contribution in [0.2, 0.25) is 5.02 Å². The Kier molecular flexibility index (Phi) is 4.84. The molecule has 1 atom stereocenters. The van der Waals surface area contributed by atoms with E-state index in [4.69, 9.17) is 11.6 Å². The number of halogens is 1. The maximum absolute atomic E-state index is 12.4. The van der Waals surface area contributed by atoms with Crippen LogP contribution < -0.4 is 5.32 Å². The van der Waals surface area contributed by atoms with Crippen LogP contribution in [0, 0.1) is 0 Å². The standard InChI is InChI=1S/C18H23ClN4OS/c1-22-10-13(19)14(21-22)11-23-9-3-6-15(23)16-7-8-17(25-16)18(24)20-12-4-2-5-12/h7-8,10,12,15H,2-6,9,11H2,1H3,(H,20,24). The minimum atomic E-state index is 0.0817. The number of aromatic nitrogens is 2. The van der Waals surface area contributed by atoms with E-state index in [1.54, 1.807) is 16.0 Å². The Morgan fingerprint density at radius 2 is 2.20 bits per heavy atom. The zero-order valence-electron chi connectivity index (χ0n) is 14.4. The number of amides is 1. The highest BCUT2D eigenvalue weighted by molar-refractivity contribution is 7.14. The lowest BCUT2D eigenvalue weighted by atomic mass is 9.93. The lowest BCUT2D eigenvalue weighted by Crippen LogP contribution is -2.39. The van der Waals surface area contributed by atoms with E-state index in [0.717, 1.165) is 54.4 Å². The van der Waals surface area contributed by atoms with Crippen LogP contribution in [-0.2, 0) is 13.6 Å². The van der Waals surface area contributed by atoms with E-state index in [9.17, 15) is 4.79 Å². The fourth-order valence-electron chi connectivity index (χ4n) is 3.61. The van der Waals surface area contributed by atoms with Crippen molar-refractivity contribution in [1.82, 2.24) is 20.0 Å². The van der Waals surface area contributed by atoms with Gasteiger partial charge < -0.3 is 5.32 Å². The van der Waals surface area contributed by atoms with Crippen LogP contribution in [-0.4, -0.2) is 33.2 Å². The average molecular weight is 379 g/mol. The van der Waals surface area contributed by atoms with Crippen molar-refractivity contribution in [1.29, 1.82) is 0 Å². The minimum Gasteiger partial charge on any atom is -0.349 e. The summed E-state index contributed by atoms with van der Waals surface area (Å²) >= 11 is 7.90. The molecule has 1 aliphatic heterocycles. The van der Waals surface area contributed by atoms with Gasteiger partial charge in [-0.2, -0.15) is 5.10 Å². The van der Waals surface area contributed by atoms with E-state index in [-0.39, 0.29) is 5.91 Å². The molecule has 3 heterocycles. The molecule has 1 N–H and O–H groups in total. The van der Waals surface area contributed by atoms with Gasteiger partial charge in [-0.05, 0) is 50.8 Å². The molecular formula is C18H23ClN4OS. The molecule has 1 unspecified atom stereocenters. The summed E-state index contributed by atoms with van der Waals surface area (Å²) in [6.45, 7) is 1.80. The van der Waals surface area contributed by atoms with Crippen molar-refractivity contribution in [2.75, 3.05) is 6.54 Å². The van der Waals surface area contributed by atoms with Gasteiger partial charge in [0, 0.05) is 36.8 Å². The topological polar surface area (TPSA) is 50.2 Å². The van der Waals surface area contributed by atoms with Crippen molar-refractivity contribution in [3.63, 3.8) is 0 Å². The largest absolute Gasteiger partial charge is 0.349 e. The number of nitrogens with one attached hydrogen (secondary N) is 1. The minimum absolute atomic E-state index is 0.0817. The summed E-state index contributed by atoms with van der Waals surface area (Å²) < 4.78 is 1.76. The van der Waals surface area contributed by atoms with Crippen LogP contribution >= 0.6 is 22.9 Å². The van der Waals surface area contributed by atoms with Gasteiger partial charge in [0.15, 0.2) is 0 Å². The summed E-state index contributed by atoms with van der Waals surface area (Å²) in [7, 11) is 1.89. The molecule has 25 heavy (non-hydrogen) atoms. The van der Waals surface area contributed by atoms with Gasteiger partial charge in [0.1, 0.15) is 0 Å². The number of thiophene rings is 1. The van der Waals surface area contributed by atoms with Crippen molar-refractivity contribution >= 4 is 28.8 Å². The number of carbonyl (C=O) groups excluding carboxylic acids is 1. The van der Waals surface area contributed by atoms with Crippen LogP contribution in [0.3, 0.4) is 0 Å². The Labute approximate surface area is 157 Å². The maximum atomic E-state index is 12.4. The summed E-state index contributed by atoms with van der Waals surface area (Å²) in [6, 6.07) is 4.82. The Bertz CT molecular complexity index is 767. The fraction of sp³-hybridized carbons (Fsp3) is 0.556. The van der Waals surface area contributed by atoms with Crippen molar-refractivity contribution in [2.24, 2.45) is 7.05 Å². The predicted molar refractivity (Wildman–Crippen MR) is 100 cm³/mol. The third-order valence-electron chi connectivity index (χ3n) is 5.19. The third kappa shape index (κ3) is 3.61. The number of aryl methyl sites for hydroxylation is 1. The average Bonchev–Trinajstić information content (AvgIpc) is 3.24. The molecule has 2 fully saturated rings. The molecule has 134 valence electrons. The molecule has 2 aromatic heterocycles. The van der Waals surface area contributed by atoms with E-state index in [1.807, 2.05) is 19.3 Å². The second-order valence-corrected chi connectivity index (χ2v) is 8.55. The lowest BCUT2D eigenvalue weighted by Gasteiger charge is -2.26. The van der Waals surface area contributed by atoms with Crippen LogP contribution in [0.1, 0.15) is 58.4 Å². The van der Waals surface area contributed by atoms with Gasteiger partial charge >= 0.3 is 0 Å². The molecule has 0 radical (unpaired) electrons. The molecule has 1 saturated heterocycles. The van der Waals surface area contributed by atoms with E-state index < -0.39 is 0 Å². The van der Waals surface area contributed by atoms with Crippen molar-refractivity contribution in [2.45, 2.75) is 50.7 Å². The Hall–Kier alpha value is -1.37. The number of hydrogen-bond donors (Lipinski definition) is 1. The monoisotopic (exact) mass is 378 g/mol. The fourth-order valence-corrected chi connectivity index (χ4v) is 4.93. The molecule has 1 saturated carbocycles. The second-order valence-electron chi connectivity index (χ2n) is 7.03. The number of likely N-dealkylation sites (tertiary alicyclic amines) is 1. The van der Waals surface area contributed by atoms with Crippen LogP contribution in [0.25, 0.3) is 0 Å². The molecule has 7 heteroatoms. The normalized spacial score (nSPS) is 21.4. The Balaban J connectivity index is 1.45. The van der Waals surface area contributed by atoms with E-state index >= 15 is 0 Å². The highest BCUT2D eigenvalue weighted by Crippen LogP contribution is 2.37. The van der Waals surface area contributed by atoms with Crippen molar-refractivity contribution in [3.05, 3.63) is 38.8 Å². The van der Waals surface area contributed by atoms with E-state index in [0.29, 0.717) is 12.1 Å². The lowest BCUT2D eigenvalue weighted by molar-refractivity contribution is 0.0921.